The minimum absolute atomic E-state index is 0.226. The zero-order chi connectivity index (χ0) is 15.6. The summed E-state index contributed by atoms with van der Waals surface area (Å²) in [6.45, 7) is 0. The van der Waals surface area contributed by atoms with Crippen LogP contribution < -0.4 is 5.32 Å². The first-order chi connectivity index (χ1) is 11.3. The molecule has 0 saturated heterocycles. The molecule has 2 N–H and O–H groups in total. The largest absolute Gasteiger partial charge is 0.289 e. The molecule has 0 unspecified atom stereocenters. The SMILES string of the molecule is O=C(Nc1n[nH]c(-c2ccccn2)n1)c1cccc2ccsc12. The van der Waals surface area contributed by atoms with E-state index in [-0.39, 0.29) is 11.9 Å². The molecule has 0 bridgehead atoms. The molecule has 0 spiro atoms. The predicted octanol–water partition coefficient (Wildman–Crippen LogP) is 3.33. The lowest BCUT2D eigenvalue weighted by Crippen LogP contribution is -2.13. The minimum atomic E-state index is -0.232. The van der Waals surface area contributed by atoms with Crippen molar-refractivity contribution in [1.29, 1.82) is 0 Å². The van der Waals surface area contributed by atoms with E-state index in [1.54, 1.807) is 12.3 Å². The number of fused-ring (bicyclic) bond motifs is 1. The Hall–Kier alpha value is -3.06. The maximum atomic E-state index is 12.5. The van der Waals surface area contributed by atoms with Gasteiger partial charge in [0.15, 0.2) is 5.82 Å². The van der Waals surface area contributed by atoms with Gasteiger partial charge < -0.3 is 0 Å². The molecular weight excluding hydrogens is 310 g/mol. The van der Waals surface area contributed by atoms with E-state index in [1.165, 1.54) is 11.3 Å². The molecule has 0 fully saturated rings. The van der Waals surface area contributed by atoms with Gasteiger partial charge in [0.2, 0.25) is 5.95 Å². The Balaban J connectivity index is 1.60. The van der Waals surface area contributed by atoms with Crippen LogP contribution in [0.25, 0.3) is 21.6 Å². The fourth-order valence-corrected chi connectivity index (χ4v) is 3.19. The number of amides is 1. The molecule has 23 heavy (non-hydrogen) atoms. The molecule has 4 rings (SSSR count). The van der Waals surface area contributed by atoms with E-state index in [0.29, 0.717) is 17.1 Å². The average molecular weight is 321 g/mol. The van der Waals surface area contributed by atoms with Crippen LogP contribution in [-0.4, -0.2) is 26.1 Å². The number of H-pyrrole nitrogens is 1. The van der Waals surface area contributed by atoms with Gasteiger partial charge in [-0.05, 0) is 35.0 Å². The van der Waals surface area contributed by atoms with Crippen LogP contribution in [0.4, 0.5) is 5.95 Å². The summed E-state index contributed by atoms with van der Waals surface area (Å²) in [6.07, 6.45) is 1.67. The van der Waals surface area contributed by atoms with Gasteiger partial charge in [0.25, 0.3) is 5.91 Å². The number of aromatic amines is 1. The number of anilines is 1. The Morgan fingerprint density at radius 3 is 2.96 bits per heavy atom. The number of pyridine rings is 1. The van der Waals surface area contributed by atoms with E-state index in [1.807, 2.05) is 41.8 Å². The van der Waals surface area contributed by atoms with Gasteiger partial charge in [-0.3, -0.25) is 20.2 Å². The van der Waals surface area contributed by atoms with Gasteiger partial charge in [-0.2, -0.15) is 4.98 Å². The van der Waals surface area contributed by atoms with E-state index >= 15 is 0 Å². The Morgan fingerprint density at radius 1 is 1.13 bits per heavy atom. The maximum absolute atomic E-state index is 12.5. The van der Waals surface area contributed by atoms with Crippen molar-refractivity contribution in [1.82, 2.24) is 20.2 Å². The standard InChI is InChI=1S/C16H11N5OS/c22-15(11-5-3-4-10-7-9-23-13(10)11)19-16-18-14(20-21-16)12-6-1-2-8-17-12/h1-9H,(H2,18,19,20,21,22). The van der Waals surface area contributed by atoms with Crippen molar-refractivity contribution >= 4 is 33.3 Å². The fraction of sp³-hybridized carbons (Fsp3) is 0. The van der Waals surface area contributed by atoms with Gasteiger partial charge in [0.05, 0.1) is 5.56 Å². The lowest BCUT2D eigenvalue weighted by molar-refractivity contribution is 0.102. The second-order valence-corrected chi connectivity index (χ2v) is 5.74. The molecule has 0 aliphatic heterocycles. The quantitative estimate of drug-likeness (QED) is 0.606. The summed E-state index contributed by atoms with van der Waals surface area (Å²) in [4.78, 5) is 20.9. The summed E-state index contributed by atoms with van der Waals surface area (Å²) in [6, 6.07) is 13.1. The molecule has 0 atom stereocenters. The first-order valence-corrected chi connectivity index (χ1v) is 7.80. The zero-order valence-electron chi connectivity index (χ0n) is 11.9. The minimum Gasteiger partial charge on any atom is -0.289 e. The van der Waals surface area contributed by atoms with E-state index in [0.717, 1.165) is 10.1 Å². The van der Waals surface area contributed by atoms with Gasteiger partial charge in [-0.1, -0.05) is 18.2 Å². The van der Waals surface area contributed by atoms with Gasteiger partial charge in [0.1, 0.15) is 5.69 Å². The molecule has 4 aromatic rings. The van der Waals surface area contributed by atoms with Crippen molar-refractivity contribution in [3.8, 4) is 11.5 Å². The second-order valence-electron chi connectivity index (χ2n) is 4.82. The Bertz CT molecular complexity index is 976. The molecule has 0 aliphatic rings. The lowest BCUT2D eigenvalue weighted by Gasteiger charge is -2.02. The number of carbonyl (C=O) groups is 1. The Kier molecular flexibility index (Phi) is 3.32. The molecule has 1 amide bonds. The summed E-state index contributed by atoms with van der Waals surface area (Å²) in [5.74, 6) is 0.504. The molecule has 0 saturated carbocycles. The third-order valence-electron chi connectivity index (χ3n) is 3.34. The molecule has 0 radical (unpaired) electrons. The molecule has 1 aromatic carbocycles. The Morgan fingerprint density at radius 2 is 2.09 bits per heavy atom. The molecule has 112 valence electrons. The summed E-state index contributed by atoms with van der Waals surface area (Å²) >= 11 is 1.54. The molecule has 6 nitrogen and oxygen atoms in total. The number of nitrogens with zero attached hydrogens (tertiary/aromatic N) is 3. The van der Waals surface area contributed by atoms with Crippen molar-refractivity contribution < 1.29 is 4.79 Å². The number of nitrogens with one attached hydrogen (secondary N) is 2. The maximum Gasteiger partial charge on any atom is 0.259 e. The molecule has 7 heteroatoms. The smallest absolute Gasteiger partial charge is 0.259 e. The van der Waals surface area contributed by atoms with Crippen molar-refractivity contribution in [3.63, 3.8) is 0 Å². The zero-order valence-corrected chi connectivity index (χ0v) is 12.7. The van der Waals surface area contributed by atoms with Gasteiger partial charge in [0, 0.05) is 10.9 Å². The van der Waals surface area contributed by atoms with Crippen LogP contribution in [0.2, 0.25) is 0 Å². The van der Waals surface area contributed by atoms with Crippen LogP contribution in [0.3, 0.4) is 0 Å². The third kappa shape index (κ3) is 2.58. The molecule has 3 heterocycles. The number of aromatic nitrogens is 4. The summed E-state index contributed by atoms with van der Waals surface area (Å²) in [5, 5.41) is 12.5. The molecule has 0 aliphatic carbocycles. The highest BCUT2D eigenvalue weighted by Crippen LogP contribution is 2.25. The molecule has 3 aromatic heterocycles. The van der Waals surface area contributed by atoms with Crippen LogP contribution in [0.15, 0.2) is 54.0 Å². The van der Waals surface area contributed by atoms with Crippen molar-refractivity contribution in [3.05, 3.63) is 59.6 Å². The van der Waals surface area contributed by atoms with Crippen LogP contribution in [-0.2, 0) is 0 Å². The van der Waals surface area contributed by atoms with Crippen molar-refractivity contribution in [2.24, 2.45) is 0 Å². The fourth-order valence-electron chi connectivity index (χ4n) is 2.28. The van der Waals surface area contributed by atoms with Crippen LogP contribution in [0, 0.1) is 0 Å². The Labute approximate surface area is 135 Å². The number of benzene rings is 1. The number of thiophene rings is 1. The molecular formula is C16H11N5OS. The number of hydrogen-bond acceptors (Lipinski definition) is 5. The van der Waals surface area contributed by atoms with E-state index < -0.39 is 0 Å². The highest BCUT2D eigenvalue weighted by Gasteiger charge is 2.14. The third-order valence-corrected chi connectivity index (χ3v) is 4.31. The number of hydrogen-bond donors (Lipinski definition) is 2. The summed E-state index contributed by atoms with van der Waals surface area (Å²) in [7, 11) is 0. The highest BCUT2D eigenvalue weighted by molar-refractivity contribution is 7.17. The van der Waals surface area contributed by atoms with Crippen molar-refractivity contribution in [2.75, 3.05) is 5.32 Å². The normalized spacial score (nSPS) is 10.8. The first kappa shape index (κ1) is 13.6. The second kappa shape index (κ2) is 5.62. The van der Waals surface area contributed by atoms with Gasteiger partial charge >= 0.3 is 0 Å². The van der Waals surface area contributed by atoms with Crippen molar-refractivity contribution in [2.45, 2.75) is 0 Å². The summed E-state index contributed by atoms with van der Waals surface area (Å²) in [5.41, 5.74) is 1.28. The van der Waals surface area contributed by atoms with Crippen LogP contribution in [0.1, 0.15) is 10.4 Å². The monoisotopic (exact) mass is 321 g/mol. The van der Waals surface area contributed by atoms with E-state index in [4.69, 9.17) is 0 Å². The van der Waals surface area contributed by atoms with E-state index in [2.05, 4.69) is 25.5 Å². The number of carbonyl (C=O) groups excluding carboxylic acids is 1. The van der Waals surface area contributed by atoms with Crippen LogP contribution in [0.5, 0.6) is 0 Å². The summed E-state index contributed by atoms with van der Waals surface area (Å²) < 4.78 is 0.950. The van der Waals surface area contributed by atoms with E-state index in [9.17, 15) is 4.79 Å². The topological polar surface area (TPSA) is 83.6 Å². The van der Waals surface area contributed by atoms with Crippen LogP contribution >= 0.6 is 11.3 Å². The van der Waals surface area contributed by atoms with Gasteiger partial charge in [-0.25, -0.2) is 0 Å². The predicted molar refractivity (Wildman–Crippen MR) is 89.4 cm³/mol. The average Bonchev–Trinajstić information content (AvgIpc) is 3.24. The number of rotatable bonds is 3. The van der Waals surface area contributed by atoms with Gasteiger partial charge in [-0.15, -0.1) is 16.4 Å². The first-order valence-electron chi connectivity index (χ1n) is 6.92. The lowest BCUT2D eigenvalue weighted by atomic mass is 10.1. The highest BCUT2D eigenvalue weighted by atomic mass is 32.1.